The van der Waals surface area contributed by atoms with Gasteiger partial charge in [-0.1, -0.05) is 0 Å². The van der Waals surface area contributed by atoms with Gasteiger partial charge in [0.15, 0.2) is 0 Å². The number of ether oxygens (including phenoxy) is 2. The maximum atomic E-state index is 12.1. The van der Waals surface area contributed by atoms with Crippen molar-refractivity contribution in [2.75, 3.05) is 14.2 Å². The summed E-state index contributed by atoms with van der Waals surface area (Å²) in [4.78, 5) is 16.3. The molecule has 0 bridgehead atoms. The molecule has 2 heterocycles. The molecule has 3 rings (SSSR count). The Labute approximate surface area is 166 Å². The second-order valence-electron chi connectivity index (χ2n) is 6.10. The van der Waals surface area contributed by atoms with Crippen molar-refractivity contribution in [3.8, 4) is 11.5 Å². The lowest BCUT2D eigenvalue weighted by Gasteiger charge is -2.10. The Morgan fingerprint density at radius 2 is 2.07 bits per heavy atom. The first-order chi connectivity index (χ1) is 13.6. The van der Waals surface area contributed by atoms with Gasteiger partial charge in [0, 0.05) is 30.0 Å². The van der Waals surface area contributed by atoms with E-state index in [0.29, 0.717) is 24.6 Å². The zero-order chi connectivity index (χ0) is 19.9. The smallest absolute Gasteiger partial charge is 0.221 e. The highest BCUT2D eigenvalue weighted by molar-refractivity contribution is 7.09. The molecule has 1 unspecified atom stereocenters. The molecule has 0 fully saturated rings. The van der Waals surface area contributed by atoms with E-state index >= 15 is 0 Å². The van der Waals surface area contributed by atoms with Crippen LogP contribution >= 0.6 is 11.3 Å². The summed E-state index contributed by atoms with van der Waals surface area (Å²) < 4.78 is 16.3. The van der Waals surface area contributed by atoms with Crippen molar-refractivity contribution in [2.24, 2.45) is 0 Å². The Kier molecular flexibility index (Phi) is 6.59. The Hall–Kier alpha value is -2.94. The number of rotatable bonds is 9. The van der Waals surface area contributed by atoms with E-state index in [-0.39, 0.29) is 18.4 Å². The van der Waals surface area contributed by atoms with Crippen LogP contribution in [0, 0.1) is 0 Å². The highest BCUT2D eigenvalue weighted by atomic mass is 32.1. The number of carbonyl (C=O) groups excluding carboxylic acids is 1. The highest BCUT2D eigenvalue weighted by Crippen LogP contribution is 2.26. The number of methoxy groups -OCH3 is 2. The molecule has 9 heteroatoms. The molecular formula is C19H22N4O4S. The van der Waals surface area contributed by atoms with E-state index in [4.69, 9.17) is 13.9 Å². The summed E-state index contributed by atoms with van der Waals surface area (Å²) in [5.41, 5.74) is 0.882. The van der Waals surface area contributed by atoms with Gasteiger partial charge in [0.1, 0.15) is 16.5 Å². The zero-order valence-electron chi connectivity index (χ0n) is 16.0. The number of aryl methyl sites for hydroxylation is 1. The number of hydrogen-bond donors (Lipinski definition) is 1. The van der Waals surface area contributed by atoms with E-state index in [1.807, 2.05) is 30.5 Å². The molecule has 1 atom stereocenters. The number of nitrogens with zero attached hydrogens (tertiary/aromatic N) is 3. The quantitative estimate of drug-likeness (QED) is 0.587. The fourth-order valence-electron chi connectivity index (χ4n) is 2.69. The molecule has 148 valence electrons. The summed E-state index contributed by atoms with van der Waals surface area (Å²) in [6.45, 7) is 1.91. The average molecular weight is 402 g/mol. The molecule has 0 aliphatic carbocycles. The van der Waals surface area contributed by atoms with Crippen molar-refractivity contribution in [2.45, 2.75) is 32.2 Å². The second-order valence-corrected chi connectivity index (χ2v) is 7.03. The van der Waals surface area contributed by atoms with Crippen molar-refractivity contribution in [1.29, 1.82) is 0 Å². The molecule has 0 aliphatic rings. The summed E-state index contributed by atoms with van der Waals surface area (Å²) in [6.07, 6.45) is 2.78. The van der Waals surface area contributed by atoms with Gasteiger partial charge in [-0.05, 0) is 25.1 Å². The molecule has 1 amide bonds. The maximum absolute atomic E-state index is 12.1. The largest absolute Gasteiger partial charge is 0.497 e. The molecule has 8 nitrogen and oxygen atoms in total. The Bertz CT molecular complexity index is 911. The molecule has 0 saturated carbocycles. The van der Waals surface area contributed by atoms with E-state index in [0.717, 1.165) is 22.1 Å². The Balaban J connectivity index is 1.55. The standard InChI is InChI=1S/C19H22N4O4S/c1-12(19-20-8-9-28-19)21-16(24)6-7-17-22-23-18(27-17)11-13-10-14(25-2)4-5-15(13)26-3/h4-5,8-10,12H,6-7,11H2,1-3H3,(H,21,24). The van der Waals surface area contributed by atoms with E-state index in [1.165, 1.54) is 11.3 Å². The van der Waals surface area contributed by atoms with Gasteiger partial charge in [0.2, 0.25) is 17.7 Å². The fourth-order valence-corrected chi connectivity index (χ4v) is 3.33. The minimum Gasteiger partial charge on any atom is -0.497 e. The van der Waals surface area contributed by atoms with Crippen LogP contribution in [0.2, 0.25) is 0 Å². The first kappa shape index (κ1) is 19.8. The lowest BCUT2D eigenvalue weighted by atomic mass is 10.1. The number of hydrogen-bond acceptors (Lipinski definition) is 8. The van der Waals surface area contributed by atoms with Crippen LogP contribution in [0.25, 0.3) is 0 Å². The predicted octanol–water partition coefficient (Wildman–Crippen LogP) is 2.94. The van der Waals surface area contributed by atoms with Crippen LogP contribution in [0.15, 0.2) is 34.2 Å². The fraction of sp³-hybridized carbons (Fsp3) is 0.368. The molecule has 0 radical (unpaired) electrons. The van der Waals surface area contributed by atoms with Gasteiger partial charge in [-0.15, -0.1) is 21.5 Å². The minimum atomic E-state index is -0.119. The molecule has 0 aliphatic heterocycles. The van der Waals surface area contributed by atoms with Crippen molar-refractivity contribution >= 4 is 17.2 Å². The number of thiazole rings is 1. The van der Waals surface area contributed by atoms with Crippen LogP contribution in [0.4, 0.5) is 0 Å². The first-order valence-corrected chi connectivity index (χ1v) is 9.68. The number of amides is 1. The molecule has 2 aromatic heterocycles. The first-order valence-electron chi connectivity index (χ1n) is 8.80. The van der Waals surface area contributed by atoms with Gasteiger partial charge >= 0.3 is 0 Å². The van der Waals surface area contributed by atoms with Crippen molar-refractivity contribution < 1.29 is 18.7 Å². The molecule has 0 spiro atoms. The maximum Gasteiger partial charge on any atom is 0.221 e. The average Bonchev–Trinajstić information content (AvgIpc) is 3.38. The SMILES string of the molecule is COc1ccc(OC)c(Cc2nnc(CCC(=O)NC(C)c3nccs3)o2)c1. The molecule has 28 heavy (non-hydrogen) atoms. The monoisotopic (exact) mass is 402 g/mol. The summed E-state index contributed by atoms with van der Waals surface area (Å²) in [5.74, 6) is 2.24. The van der Waals surface area contributed by atoms with Crippen LogP contribution in [0.3, 0.4) is 0 Å². The van der Waals surface area contributed by atoms with Gasteiger partial charge in [0.25, 0.3) is 0 Å². The highest BCUT2D eigenvalue weighted by Gasteiger charge is 2.15. The Morgan fingerprint density at radius 3 is 2.79 bits per heavy atom. The number of aromatic nitrogens is 3. The van der Waals surface area contributed by atoms with E-state index in [9.17, 15) is 4.79 Å². The predicted molar refractivity (Wildman–Crippen MR) is 104 cm³/mol. The minimum absolute atomic E-state index is 0.0862. The lowest BCUT2D eigenvalue weighted by molar-refractivity contribution is -0.121. The van der Waals surface area contributed by atoms with E-state index in [1.54, 1.807) is 20.4 Å². The number of benzene rings is 1. The van der Waals surface area contributed by atoms with Gasteiger partial charge in [-0.3, -0.25) is 4.79 Å². The summed E-state index contributed by atoms with van der Waals surface area (Å²) in [7, 11) is 3.21. The van der Waals surface area contributed by atoms with Crippen LogP contribution in [-0.4, -0.2) is 35.3 Å². The van der Waals surface area contributed by atoms with Gasteiger partial charge in [0.05, 0.1) is 26.7 Å². The topological polar surface area (TPSA) is 99.4 Å². The van der Waals surface area contributed by atoms with Crippen LogP contribution < -0.4 is 14.8 Å². The molecule has 1 N–H and O–H groups in total. The van der Waals surface area contributed by atoms with Gasteiger partial charge in [-0.25, -0.2) is 4.98 Å². The van der Waals surface area contributed by atoms with E-state index < -0.39 is 0 Å². The molecule has 1 aromatic carbocycles. The van der Waals surface area contributed by atoms with Crippen molar-refractivity contribution in [3.63, 3.8) is 0 Å². The molecule has 3 aromatic rings. The lowest BCUT2D eigenvalue weighted by Crippen LogP contribution is -2.26. The van der Waals surface area contributed by atoms with Crippen molar-refractivity contribution in [1.82, 2.24) is 20.5 Å². The zero-order valence-corrected chi connectivity index (χ0v) is 16.8. The van der Waals surface area contributed by atoms with Crippen molar-refractivity contribution in [3.05, 3.63) is 52.1 Å². The third kappa shape index (κ3) is 5.07. The number of nitrogens with one attached hydrogen (secondary N) is 1. The molecular weight excluding hydrogens is 380 g/mol. The van der Waals surface area contributed by atoms with Crippen LogP contribution in [-0.2, 0) is 17.6 Å². The second kappa shape index (κ2) is 9.32. The normalized spacial score (nSPS) is 11.8. The summed E-state index contributed by atoms with van der Waals surface area (Å²) >= 11 is 1.51. The third-order valence-corrected chi connectivity index (χ3v) is 5.06. The van der Waals surface area contributed by atoms with Crippen LogP contribution in [0.1, 0.15) is 41.7 Å². The Morgan fingerprint density at radius 1 is 1.25 bits per heavy atom. The number of carbonyl (C=O) groups is 1. The summed E-state index contributed by atoms with van der Waals surface area (Å²) in [5, 5.41) is 13.8. The summed E-state index contributed by atoms with van der Waals surface area (Å²) in [6, 6.07) is 5.41. The van der Waals surface area contributed by atoms with Crippen LogP contribution in [0.5, 0.6) is 11.5 Å². The molecule has 0 saturated heterocycles. The van der Waals surface area contributed by atoms with Gasteiger partial charge in [-0.2, -0.15) is 0 Å². The van der Waals surface area contributed by atoms with E-state index in [2.05, 4.69) is 20.5 Å². The van der Waals surface area contributed by atoms with Gasteiger partial charge < -0.3 is 19.2 Å². The third-order valence-electron chi connectivity index (χ3n) is 4.10.